The Hall–Kier alpha value is -0.770. The van der Waals surface area contributed by atoms with Crippen molar-refractivity contribution in [2.45, 2.75) is 0 Å². The van der Waals surface area contributed by atoms with E-state index < -0.39 is 5.97 Å². The minimum atomic E-state index is -0.778. The molecule has 0 bridgehead atoms. The van der Waals surface area contributed by atoms with E-state index in [2.05, 4.69) is 10.3 Å². The normalized spacial score (nSPS) is 22.6. The SMILES string of the molecule is Cl.O=C(O)C1CN=CNC1. The number of hydrogen-bond donors (Lipinski definition) is 2. The molecule has 0 aliphatic carbocycles. The third-order valence-electron chi connectivity index (χ3n) is 1.22. The summed E-state index contributed by atoms with van der Waals surface area (Å²) >= 11 is 0. The van der Waals surface area contributed by atoms with Gasteiger partial charge in [0, 0.05) is 6.54 Å². The van der Waals surface area contributed by atoms with Crippen LogP contribution in [0.15, 0.2) is 4.99 Å². The second kappa shape index (κ2) is 4.11. The fourth-order valence-electron chi connectivity index (χ4n) is 0.669. The van der Waals surface area contributed by atoms with Crippen LogP contribution in [0.3, 0.4) is 0 Å². The zero-order valence-electron chi connectivity index (χ0n) is 5.28. The predicted octanol–water partition coefficient (Wildman–Crippen LogP) is -0.260. The van der Waals surface area contributed by atoms with Crippen molar-refractivity contribution < 1.29 is 9.90 Å². The minimum absolute atomic E-state index is 0. The van der Waals surface area contributed by atoms with Crippen molar-refractivity contribution >= 4 is 24.7 Å². The van der Waals surface area contributed by atoms with Crippen molar-refractivity contribution in [1.29, 1.82) is 0 Å². The fourth-order valence-corrected chi connectivity index (χ4v) is 0.669. The molecular formula is C5H9ClN2O2. The molecule has 1 unspecified atom stereocenters. The highest BCUT2D eigenvalue weighted by Gasteiger charge is 2.17. The number of hydrogen-bond acceptors (Lipinski definition) is 3. The van der Waals surface area contributed by atoms with Gasteiger partial charge >= 0.3 is 5.97 Å². The van der Waals surface area contributed by atoms with E-state index in [1.54, 1.807) is 6.34 Å². The van der Waals surface area contributed by atoms with E-state index in [0.717, 1.165) is 0 Å². The first-order valence-electron chi connectivity index (χ1n) is 2.75. The molecule has 10 heavy (non-hydrogen) atoms. The number of rotatable bonds is 1. The number of halogens is 1. The van der Waals surface area contributed by atoms with Gasteiger partial charge in [0.1, 0.15) is 0 Å². The highest BCUT2D eigenvalue weighted by molar-refractivity contribution is 5.85. The Balaban J connectivity index is 0.000000810. The second-order valence-electron chi connectivity index (χ2n) is 1.94. The topological polar surface area (TPSA) is 61.7 Å². The first-order valence-corrected chi connectivity index (χ1v) is 2.75. The average molecular weight is 165 g/mol. The molecule has 4 nitrogen and oxygen atoms in total. The van der Waals surface area contributed by atoms with E-state index in [9.17, 15) is 4.79 Å². The first-order chi connectivity index (χ1) is 4.30. The van der Waals surface area contributed by atoms with Gasteiger partial charge in [-0.1, -0.05) is 0 Å². The van der Waals surface area contributed by atoms with Crippen LogP contribution in [0.5, 0.6) is 0 Å². The summed E-state index contributed by atoms with van der Waals surface area (Å²) in [5, 5.41) is 11.2. The van der Waals surface area contributed by atoms with Gasteiger partial charge in [-0.05, 0) is 0 Å². The van der Waals surface area contributed by atoms with Crippen molar-refractivity contribution in [3.63, 3.8) is 0 Å². The van der Waals surface area contributed by atoms with E-state index in [0.29, 0.717) is 13.1 Å². The molecule has 2 N–H and O–H groups in total. The van der Waals surface area contributed by atoms with Crippen molar-refractivity contribution in [2.75, 3.05) is 13.1 Å². The van der Waals surface area contributed by atoms with Gasteiger partial charge in [0.05, 0.1) is 18.8 Å². The van der Waals surface area contributed by atoms with Crippen LogP contribution in [0.2, 0.25) is 0 Å². The molecule has 1 aliphatic heterocycles. The summed E-state index contributed by atoms with van der Waals surface area (Å²) in [6.45, 7) is 0.904. The summed E-state index contributed by atoms with van der Waals surface area (Å²) in [6, 6.07) is 0. The Morgan fingerprint density at radius 3 is 2.80 bits per heavy atom. The van der Waals surface area contributed by atoms with Crippen molar-refractivity contribution in [3.05, 3.63) is 0 Å². The summed E-state index contributed by atoms with van der Waals surface area (Å²) in [4.78, 5) is 14.0. The van der Waals surface area contributed by atoms with Crippen LogP contribution >= 0.6 is 12.4 Å². The third-order valence-corrected chi connectivity index (χ3v) is 1.22. The number of nitrogens with zero attached hydrogens (tertiary/aromatic N) is 1. The van der Waals surface area contributed by atoms with Crippen LogP contribution < -0.4 is 5.32 Å². The number of aliphatic carboxylic acids is 1. The number of carboxylic acid groups (broad SMARTS) is 1. The molecule has 1 heterocycles. The molecule has 0 aromatic carbocycles. The van der Waals surface area contributed by atoms with Gasteiger partial charge in [0.15, 0.2) is 0 Å². The molecule has 5 heteroatoms. The summed E-state index contributed by atoms with van der Waals surface area (Å²) in [6.07, 6.45) is 1.54. The minimum Gasteiger partial charge on any atom is -0.481 e. The van der Waals surface area contributed by atoms with E-state index in [4.69, 9.17) is 5.11 Å². The van der Waals surface area contributed by atoms with Crippen molar-refractivity contribution in [2.24, 2.45) is 10.9 Å². The van der Waals surface area contributed by atoms with Crippen LogP contribution in [-0.4, -0.2) is 30.5 Å². The highest BCUT2D eigenvalue weighted by Crippen LogP contribution is 1.97. The van der Waals surface area contributed by atoms with Crippen LogP contribution in [0.1, 0.15) is 0 Å². The molecule has 58 valence electrons. The molecule has 0 saturated heterocycles. The summed E-state index contributed by atoms with van der Waals surface area (Å²) < 4.78 is 0. The maximum atomic E-state index is 10.2. The zero-order chi connectivity index (χ0) is 6.69. The predicted molar refractivity (Wildman–Crippen MR) is 39.7 cm³/mol. The number of carboxylic acids is 1. The van der Waals surface area contributed by atoms with E-state index in [1.807, 2.05) is 0 Å². The summed E-state index contributed by atoms with van der Waals surface area (Å²) in [5.74, 6) is -1.12. The molecule has 1 aliphatic rings. The molecule has 0 amide bonds. The summed E-state index contributed by atoms with van der Waals surface area (Å²) in [5.41, 5.74) is 0. The largest absolute Gasteiger partial charge is 0.481 e. The maximum Gasteiger partial charge on any atom is 0.310 e. The zero-order valence-corrected chi connectivity index (χ0v) is 6.10. The lowest BCUT2D eigenvalue weighted by Gasteiger charge is -2.12. The molecular weight excluding hydrogens is 156 g/mol. The number of aliphatic imine (C=N–C) groups is 1. The molecule has 0 fully saturated rings. The van der Waals surface area contributed by atoms with Crippen LogP contribution in [0.4, 0.5) is 0 Å². The fraction of sp³-hybridized carbons (Fsp3) is 0.600. The van der Waals surface area contributed by atoms with Gasteiger partial charge in [-0.15, -0.1) is 12.4 Å². The third kappa shape index (κ3) is 2.23. The molecule has 1 atom stereocenters. The van der Waals surface area contributed by atoms with Gasteiger partial charge in [-0.2, -0.15) is 0 Å². The van der Waals surface area contributed by atoms with Gasteiger partial charge in [-0.3, -0.25) is 9.79 Å². The number of carbonyl (C=O) groups is 1. The van der Waals surface area contributed by atoms with E-state index in [-0.39, 0.29) is 18.3 Å². The maximum absolute atomic E-state index is 10.2. The van der Waals surface area contributed by atoms with Gasteiger partial charge < -0.3 is 10.4 Å². The molecule has 0 aromatic rings. The molecule has 0 saturated carbocycles. The van der Waals surface area contributed by atoms with Crippen LogP contribution in [0.25, 0.3) is 0 Å². The Labute approximate surface area is 64.7 Å². The quantitative estimate of drug-likeness (QED) is 0.562. The van der Waals surface area contributed by atoms with E-state index >= 15 is 0 Å². The summed E-state index contributed by atoms with van der Waals surface area (Å²) in [7, 11) is 0. The molecule has 0 radical (unpaired) electrons. The van der Waals surface area contributed by atoms with Gasteiger partial charge in [-0.25, -0.2) is 0 Å². The van der Waals surface area contributed by atoms with Gasteiger partial charge in [0.25, 0.3) is 0 Å². The standard InChI is InChI=1S/C5H8N2O2.ClH/c8-5(9)4-1-6-3-7-2-4;/h3-4H,1-2H2,(H,6,7)(H,8,9);1H. The molecule has 0 spiro atoms. The Bertz CT molecular complexity index is 149. The highest BCUT2D eigenvalue weighted by atomic mass is 35.5. The van der Waals surface area contributed by atoms with Crippen molar-refractivity contribution in [1.82, 2.24) is 5.32 Å². The van der Waals surface area contributed by atoms with E-state index in [1.165, 1.54) is 0 Å². The molecule has 0 aromatic heterocycles. The average Bonchev–Trinajstić information content (AvgIpc) is 1.90. The van der Waals surface area contributed by atoms with Crippen molar-refractivity contribution in [3.8, 4) is 0 Å². The lowest BCUT2D eigenvalue weighted by Crippen LogP contribution is -2.33. The molecule has 1 rings (SSSR count). The lowest BCUT2D eigenvalue weighted by molar-refractivity contribution is -0.141. The Morgan fingerprint density at radius 1 is 1.80 bits per heavy atom. The lowest BCUT2D eigenvalue weighted by atomic mass is 10.1. The Kier molecular flexibility index (Phi) is 3.79. The number of nitrogens with one attached hydrogen (secondary N) is 1. The Morgan fingerprint density at radius 2 is 2.50 bits per heavy atom. The van der Waals surface area contributed by atoms with Gasteiger partial charge in [0.2, 0.25) is 0 Å². The second-order valence-corrected chi connectivity index (χ2v) is 1.94. The van der Waals surface area contributed by atoms with Crippen LogP contribution in [0, 0.1) is 5.92 Å². The van der Waals surface area contributed by atoms with Crippen LogP contribution in [-0.2, 0) is 4.79 Å². The first kappa shape index (κ1) is 9.23. The smallest absolute Gasteiger partial charge is 0.310 e. The monoisotopic (exact) mass is 164 g/mol.